The molecule has 0 aliphatic carbocycles. The average molecular weight is 439 g/mol. The van der Waals surface area contributed by atoms with Crippen LogP contribution in [0.4, 0.5) is 11.5 Å². The molecule has 1 aliphatic rings. The molecular formula is C23H26N4O3S. The molecule has 0 atom stereocenters. The van der Waals surface area contributed by atoms with Gasteiger partial charge in [-0.3, -0.25) is 0 Å². The fourth-order valence-corrected chi connectivity index (χ4v) is 4.58. The van der Waals surface area contributed by atoms with E-state index in [0.29, 0.717) is 24.7 Å². The van der Waals surface area contributed by atoms with Crippen LogP contribution in [-0.4, -0.2) is 42.0 Å². The van der Waals surface area contributed by atoms with E-state index < -0.39 is 10.0 Å². The van der Waals surface area contributed by atoms with Gasteiger partial charge in [0.05, 0.1) is 6.26 Å². The Balaban J connectivity index is 1.43. The molecule has 7 nitrogen and oxygen atoms in total. The third kappa shape index (κ3) is 5.39. The second kappa shape index (κ2) is 9.03. The van der Waals surface area contributed by atoms with E-state index in [9.17, 15) is 8.42 Å². The van der Waals surface area contributed by atoms with Crippen molar-refractivity contribution in [2.24, 2.45) is 0 Å². The molecule has 1 fully saturated rings. The number of aryl methyl sites for hydroxylation is 1. The highest BCUT2D eigenvalue weighted by atomic mass is 32.2. The van der Waals surface area contributed by atoms with Crippen molar-refractivity contribution in [1.82, 2.24) is 14.3 Å². The predicted octanol–water partition coefficient (Wildman–Crippen LogP) is 4.46. The molecule has 0 unspecified atom stereocenters. The zero-order valence-corrected chi connectivity index (χ0v) is 18.5. The summed E-state index contributed by atoms with van der Waals surface area (Å²) in [6.07, 6.45) is 6.30. The molecule has 0 spiro atoms. The number of hydrogen-bond acceptors (Lipinski definition) is 6. The Kier molecular flexibility index (Phi) is 6.20. The zero-order chi connectivity index (χ0) is 21.8. The smallest absolute Gasteiger partial charge is 0.222 e. The van der Waals surface area contributed by atoms with Gasteiger partial charge in [-0.05, 0) is 67.6 Å². The average Bonchev–Trinajstić information content (AvgIpc) is 2.77. The second-order valence-electron chi connectivity index (χ2n) is 7.81. The molecular weight excluding hydrogens is 412 g/mol. The first-order valence-corrected chi connectivity index (χ1v) is 12.1. The van der Waals surface area contributed by atoms with Crippen LogP contribution >= 0.6 is 0 Å². The molecule has 2 aromatic heterocycles. The minimum Gasteiger partial charge on any atom is -0.439 e. The third-order valence-electron chi connectivity index (χ3n) is 5.42. The van der Waals surface area contributed by atoms with E-state index in [1.54, 1.807) is 6.20 Å². The molecule has 1 aliphatic heterocycles. The van der Waals surface area contributed by atoms with Gasteiger partial charge < -0.3 is 10.1 Å². The van der Waals surface area contributed by atoms with Crippen molar-refractivity contribution in [3.63, 3.8) is 0 Å². The Morgan fingerprint density at radius 2 is 1.77 bits per heavy atom. The highest BCUT2D eigenvalue weighted by molar-refractivity contribution is 7.88. The van der Waals surface area contributed by atoms with E-state index in [-0.39, 0.29) is 5.92 Å². The molecule has 0 bridgehead atoms. The van der Waals surface area contributed by atoms with E-state index in [1.807, 2.05) is 61.7 Å². The number of benzene rings is 1. The zero-order valence-electron chi connectivity index (χ0n) is 17.7. The number of sulfonamides is 1. The monoisotopic (exact) mass is 438 g/mol. The Morgan fingerprint density at radius 3 is 2.42 bits per heavy atom. The maximum Gasteiger partial charge on any atom is 0.222 e. The molecule has 8 heteroatoms. The molecule has 1 saturated heterocycles. The molecule has 1 aromatic carbocycles. The quantitative estimate of drug-likeness (QED) is 0.612. The largest absolute Gasteiger partial charge is 0.439 e. The van der Waals surface area contributed by atoms with E-state index in [4.69, 9.17) is 4.74 Å². The number of nitrogens with zero attached hydrogens (tertiary/aromatic N) is 3. The highest BCUT2D eigenvalue weighted by Crippen LogP contribution is 2.35. The first-order valence-electron chi connectivity index (χ1n) is 10.3. The highest BCUT2D eigenvalue weighted by Gasteiger charge is 2.27. The van der Waals surface area contributed by atoms with E-state index >= 15 is 0 Å². The summed E-state index contributed by atoms with van der Waals surface area (Å²) in [5.41, 5.74) is 3.04. The van der Waals surface area contributed by atoms with Gasteiger partial charge in [-0.1, -0.05) is 12.1 Å². The van der Waals surface area contributed by atoms with Crippen LogP contribution in [0.2, 0.25) is 0 Å². The summed E-state index contributed by atoms with van der Waals surface area (Å²) in [5.74, 6) is 2.26. The number of pyridine rings is 2. The molecule has 31 heavy (non-hydrogen) atoms. The summed E-state index contributed by atoms with van der Waals surface area (Å²) >= 11 is 0. The van der Waals surface area contributed by atoms with Crippen molar-refractivity contribution in [3.8, 4) is 11.6 Å². The first kappa shape index (κ1) is 21.3. The molecule has 0 amide bonds. The van der Waals surface area contributed by atoms with E-state index in [1.165, 1.54) is 10.6 Å². The Bertz CT molecular complexity index is 1120. The second-order valence-corrected chi connectivity index (χ2v) is 9.79. The van der Waals surface area contributed by atoms with Gasteiger partial charge in [0.1, 0.15) is 11.6 Å². The standard InChI is InChI=1S/C23H26N4O3S/c1-17-5-10-22(25-16-17)26-19-6-8-20(9-7-19)30-23-21(4-3-13-24-23)18-11-14-27(15-12-18)31(2,28)29/h3-10,13,16,18H,11-12,14-15H2,1-2H3,(H,25,26). The van der Waals surface area contributed by atoms with Crippen LogP contribution in [-0.2, 0) is 10.0 Å². The Labute approximate surface area is 183 Å². The van der Waals surface area contributed by atoms with Crippen LogP contribution in [0.15, 0.2) is 60.9 Å². The number of ether oxygens (including phenoxy) is 1. The number of rotatable bonds is 6. The lowest BCUT2D eigenvalue weighted by Gasteiger charge is -2.30. The Hall–Kier alpha value is -2.97. The summed E-state index contributed by atoms with van der Waals surface area (Å²) < 4.78 is 31.2. The number of aromatic nitrogens is 2. The lowest BCUT2D eigenvalue weighted by Crippen LogP contribution is -2.37. The summed E-state index contributed by atoms with van der Waals surface area (Å²) in [6.45, 7) is 3.04. The topological polar surface area (TPSA) is 84.4 Å². The number of hydrogen-bond donors (Lipinski definition) is 1. The van der Waals surface area contributed by atoms with Crippen molar-refractivity contribution in [2.75, 3.05) is 24.7 Å². The van der Waals surface area contributed by atoms with E-state index in [0.717, 1.165) is 35.5 Å². The van der Waals surface area contributed by atoms with Gasteiger partial charge in [0, 0.05) is 36.7 Å². The molecule has 1 N–H and O–H groups in total. The van der Waals surface area contributed by atoms with Gasteiger partial charge in [-0.15, -0.1) is 0 Å². The molecule has 0 saturated carbocycles. The molecule has 4 rings (SSSR count). The summed E-state index contributed by atoms with van der Waals surface area (Å²) in [6, 6.07) is 15.5. The number of anilines is 2. The Morgan fingerprint density at radius 1 is 1.03 bits per heavy atom. The van der Waals surface area contributed by atoms with Crippen LogP contribution in [0.25, 0.3) is 0 Å². The SMILES string of the molecule is Cc1ccc(Nc2ccc(Oc3ncccc3C3CCN(S(C)(=O)=O)CC3)cc2)nc1. The van der Waals surface area contributed by atoms with Crippen LogP contribution in [0, 0.1) is 6.92 Å². The number of nitrogens with one attached hydrogen (secondary N) is 1. The molecule has 3 heterocycles. The normalized spacial score (nSPS) is 15.5. The van der Waals surface area contributed by atoms with Crippen LogP contribution in [0.1, 0.15) is 29.9 Å². The first-order chi connectivity index (χ1) is 14.9. The van der Waals surface area contributed by atoms with Gasteiger partial charge >= 0.3 is 0 Å². The predicted molar refractivity (Wildman–Crippen MR) is 121 cm³/mol. The van der Waals surface area contributed by atoms with Gasteiger partial charge in [-0.2, -0.15) is 0 Å². The van der Waals surface area contributed by atoms with Crippen molar-refractivity contribution < 1.29 is 13.2 Å². The van der Waals surface area contributed by atoms with Gasteiger partial charge in [0.15, 0.2) is 0 Å². The lowest BCUT2D eigenvalue weighted by molar-refractivity contribution is 0.316. The van der Waals surface area contributed by atoms with Crippen LogP contribution < -0.4 is 10.1 Å². The van der Waals surface area contributed by atoms with Crippen molar-refractivity contribution in [1.29, 1.82) is 0 Å². The maximum atomic E-state index is 11.8. The van der Waals surface area contributed by atoms with Crippen molar-refractivity contribution in [2.45, 2.75) is 25.7 Å². The molecule has 0 radical (unpaired) electrons. The summed E-state index contributed by atoms with van der Waals surface area (Å²) in [5, 5.41) is 3.27. The van der Waals surface area contributed by atoms with Crippen LogP contribution in [0.5, 0.6) is 11.6 Å². The van der Waals surface area contributed by atoms with E-state index in [2.05, 4.69) is 15.3 Å². The summed E-state index contributed by atoms with van der Waals surface area (Å²) in [7, 11) is -3.14. The van der Waals surface area contributed by atoms with Gasteiger partial charge in [0.25, 0.3) is 0 Å². The molecule has 3 aromatic rings. The minimum atomic E-state index is -3.14. The summed E-state index contributed by atoms with van der Waals surface area (Å²) in [4.78, 5) is 8.79. The minimum absolute atomic E-state index is 0.218. The number of piperidine rings is 1. The van der Waals surface area contributed by atoms with Gasteiger partial charge in [-0.25, -0.2) is 22.7 Å². The fourth-order valence-electron chi connectivity index (χ4n) is 3.71. The van der Waals surface area contributed by atoms with Crippen LogP contribution in [0.3, 0.4) is 0 Å². The van der Waals surface area contributed by atoms with Gasteiger partial charge in [0.2, 0.25) is 15.9 Å². The molecule has 162 valence electrons. The third-order valence-corrected chi connectivity index (χ3v) is 6.72. The lowest BCUT2D eigenvalue weighted by atomic mass is 9.91. The van der Waals surface area contributed by atoms with Crippen molar-refractivity contribution in [3.05, 3.63) is 72.1 Å². The maximum absolute atomic E-state index is 11.8. The van der Waals surface area contributed by atoms with Crippen molar-refractivity contribution >= 4 is 21.5 Å². The fraction of sp³-hybridized carbons (Fsp3) is 0.304.